The Balaban J connectivity index is 2.17. The third kappa shape index (κ3) is 4.90. The molecule has 86 valence electrons. The van der Waals surface area contributed by atoms with E-state index in [9.17, 15) is 9.59 Å². The number of amides is 1. The molecule has 1 amide bonds. The molecule has 5 heteroatoms. The standard InChI is InChI=1S/C10H19N3O2/c1-9(14)3-4-10(15)11-13-7-5-12(2)6-8-13/h3-8H2,1-2H3,(H,11,15). The predicted molar refractivity (Wildman–Crippen MR) is 57.1 cm³/mol. The maximum absolute atomic E-state index is 11.4. The number of hydrogen-bond acceptors (Lipinski definition) is 4. The average Bonchev–Trinajstić information content (AvgIpc) is 2.19. The van der Waals surface area contributed by atoms with Gasteiger partial charge in [0.15, 0.2) is 0 Å². The van der Waals surface area contributed by atoms with Gasteiger partial charge in [-0.3, -0.25) is 10.2 Å². The smallest absolute Gasteiger partial charge is 0.234 e. The van der Waals surface area contributed by atoms with Gasteiger partial charge in [-0.05, 0) is 14.0 Å². The van der Waals surface area contributed by atoms with Crippen LogP contribution in [0, 0.1) is 0 Å². The molecule has 0 aliphatic carbocycles. The molecule has 0 spiro atoms. The molecule has 1 aliphatic heterocycles. The van der Waals surface area contributed by atoms with Crippen LogP contribution in [0.1, 0.15) is 19.8 Å². The third-order valence-corrected chi connectivity index (χ3v) is 2.49. The zero-order valence-corrected chi connectivity index (χ0v) is 9.45. The summed E-state index contributed by atoms with van der Waals surface area (Å²) in [6.45, 7) is 5.13. The van der Waals surface area contributed by atoms with Crippen LogP contribution >= 0.6 is 0 Å². The number of Topliss-reactive ketones (excluding diaryl/α,β-unsaturated/α-hetero) is 1. The summed E-state index contributed by atoms with van der Waals surface area (Å²) in [6, 6.07) is 0. The molecule has 0 bridgehead atoms. The van der Waals surface area contributed by atoms with Gasteiger partial charge < -0.3 is 9.69 Å². The number of hydrazine groups is 1. The number of nitrogens with one attached hydrogen (secondary N) is 1. The van der Waals surface area contributed by atoms with E-state index in [1.807, 2.05) is 5.01 Å². The first-order valence-corrected chi connectivity index (χ1v) is 5.30. The number of hydrogen-bond donors (Lipinski definition) is 1. The minimum atomic E-state index is -0.0604. The molecule has 0 unspecified atom stereocenters. The van der Waals surface area contributed by atoms with Crippen LogP contribution in [0.2, 0.25) is 0 Å². The van der Waals surface area contributed by atoms with Gasteiger partial charge in [0.25, 0.3) is 0 Å². The van der Waals surface area contributed by atoms with E-state index in [4.69, 9.17) is 0 Å². The van der Waals surface area contributed by atoms with E-state index in [1.54, 1.807) is 0 Å². The Labute approximate surface area is 90.4 Å². The van der Waals surface area contributed by atoms with Crippen molar-refractivity contribution in [2.45, 2.75) is 19.8 Å². The van der Waals surface area contributed by atoms with Gasteiger partial charge in [-0.2, -0.15) is 0 Å². The van der Waals surface area contributed by atoms with Gasteiger partial charge in [-0.25, -0.2) is 5.01 Å². The Morgan fingerprint density at radius 3 is 2.27 bits per heavy atom. The van der Waals surface area contributed by atoms with Crippen molar-refractivity contribution in [1.82, 2.24) is 15.3 Å². The molecule has 1 fully saturated rings. The fourth-order valence-corrected chi connectivity index (χ4v) is 1.44. The highest BCUT2D eigenvalue weighted by atomic mass is 16.2. The summed E-state index contributed by atoms with van der Waals surface area (Å²) in [5.74, 6) is -0.00159. The van der Waals surface area contributed by atoms with Gasteiger partial charge in [0.2, 0.25) is 5.91 Å². The molecule has 0 saturated carbocycles. The monoisotopic (exact) mass is 213 g/mol. The maximum Gasteiger partial charge on any atom is 0.234 e. The second-order valence-electron chi connectivity index (χ2n) is 4.03. The van der Waals surface area contributed by atoms with Crippen LogP contribution in [0.5, 0.6) is 0 Å². The lowest BCUT2D eigenvalue weighted by Gasteiger charge is -2.32. The minimum absolute atomic E-state index is 0.0588. The van der Waals surface area contributed by atoms with Crippen molar-refractivity contribution in [3.05, 3.63) is 0 Å². The lowest BCUT2D eigenvalue weighted by Crippen LogP contribution is -2.52. The van der Waals surface area contributed by atoms with Crippen LogP contribution in [0.15, 0.2) is 0 Å². The number of carbonyl (C=O) groups is 2. The van der Waals surface area contributed by atoms with E-state index in [1.165, 1.54) is 6.92 Å². The van der Waals surface area contributed by atoms with Gasteiger partial charge >= 0.3 is 0 Å². The number of piperazine rings is 1. The molecular weight excluding hydrogens is 194 g/mol. The SMILES string of the molecule is CC(=O)CCC(=O)NN1CCN(C)CC1. The molecule has 5 nitrogen and oxygen atoms in total. The summed E-state index contributed by atoms with van der Waals surface area (Å²) in [5.41, 5.74) is 2.81. The highest BCUT2D eigenvalue weighted by molar-refractivity contribution is 5.83. The number of nitrogens with zero attached hydrogens (tertiary/aromatic N) is 2. The first-order chi connectivity index (χ1) is 7.08. The average molecular weight is 213 g/mol. The van der Waals surface area contributed by atoms with Crippen molar-refractivity contribution in [1.29, 1.82) is 0 Å². The van der Waals surface area contributed by atoms with Crippen molar-refractivity contribution >= 4 is 11.7 Å². The van der Waals surface area contributed by atoms with Crippen molar-refractivity contribution in [2.75, 3.05) is 33.2 Å². The summed E-state index contributed by atoms with van der Waals surface area (Å²) in [5, 5.41) is 1.92. The van der Waals surface area contributed by atoms with Crippen LogP contribution < -0.4 is 5.43 Å². The van der Waals surface area contributed by atoms with Crippen molar-refractivity contribution in [3.8, 4) is 0 Å². The Kier molecular flexibility index (Phi) is 4.71. The topological polar surface area (TPSA) is 52.7 Å². The van der Waals surface area contributed by atoms with Crippen LogP contribution in [0.25, 0.3) is 0 Å². The summed E-state index contributed by atoms with van der Waals surface area (Å²) in [4.78, 5) is 24.3. The zero-order valence-electron chi connectivity index (χ0n) is 9.45. The second-order valence-corrected chi connectivity index (χ2v) is 4.03. The first-order valence-electron chi connectivity index (χ1n) is 5.30. The molecule has 1 heterocycles. The molecule has 1 N–H and O–H groups in total. The Bertz CT molecular complexity index is 235. The summed E-state index contributed by atoms with van der Waals surface area (Å²) in [6.07, 6.45) is 0.626. The molecule has 1 aliphatic rings. The van der Waals surface area contributed by atoms with E-state index >= 15 is 0 Å². The highest BCUT2D eigenvalue weighted by Gasteiger charge is 2.15. The van der Waals surface area contributed by atoms with E-state index in [-0.39, 0.29) is 11.7 Å². The molecule has 15 heavy (non-hydrogen) atoms. The summed E-state index contributed by atoms with van der Waals surface area (Å²) < 4.78 is 0. The van der Waals surface area contributed by atoms with E-state index in [0.29, 0.717) is 12.8 Å². The lowest BCUT2D eigenvalue weighted by molar-refractivity contribution is -0.129. The normalized spacial score (nSPS) is 18.8. The van der Waals surface area contributed by atoms with Crippen LogP contribution in [-0.2, 0) is 9.59 Å². The van der Waals surface area contributed by atoms with Gasteiger partial charge in [-0.15, -0.1) is 0 Å². The van der Waals surface area contributed by atoms with E-state index in [2.05, 4.69) is 17.4 Å². The minimum Gasteiger partial charge on any atom is -0.304 e. The van der Waals surface area contributed by atoms with Crippen molar-refractivity contribution in [3.63, 3.8) is 0 Å². The van der Waals surface area contributed by atoms with Gasteiger partial charge in [-0.1, -0.05) is 0 Å². The largest absolute Gasteiger partial charge is 0.304 e. The van der Waals surface area contributed by atoms with Crippen LogP contribution in [-0.4, -0.2) is 54.8 Å². The van der Waals surface area contributed by atoms with Gasteiger partial charge in [0.1, 0.15) is 5.78 Å². The number of carbonyl (C=O) groups excluding carboxylic acids is 2. The van der Waals surface area contributed by atoms with Crippen LogP contribution in [0.4, 0.5) is 0 Å². The van der Waals surface area contributed by atoms with Gasteiger partial charge in [0, 0.05) is 39.0 Å². The Hall–Kier alpha value is -0.940. The molecule has 0 aromatic heterocycles. The summed E-state index contributed by atoms with van der Waals surface area (Å²) >= 11 is 0. The lowest BCUT2D eigenvalue weighted by atomic mass is 10.2. The fourth-order valence-electron chi connectivity index (χ4n) is 1.44. The maximum atomic E-state index is 11.4. The van der Waals surface area contributed by atoms with Crippen LogP contribution in [0.3, 0.4) is 0 Å². The molecule has 1 saturated heterocycles. The van der Waals surface area contributed by atoms with E-state index < -0.39 is 0 Å². The molecule has 0 aromatic carbocycles. The van der Waals surface area contributed by atoms with Crippen molar-refractivity contribution in [2.24, 2.45) is 0 Å². The van der Waals surface area contributed by atoms with Gasteiger partial charge in [0.05, 0.1) is 0 Å². The molecule has 0 aromatic rings. The molecule has 1 rings (SSSR count). The number of ketones is 1. The number of likely N-dealkylation sites (N-methyl/N-ethyl adjacent to an activating group) is 1. The molecular formula is C10H19N3O2. The Morgan fingerprint density at radius 2 is 1.73 bits per heavy atom. The van der Waals surface area contributed by atoms with E-state index in [0.717, 1.165) is 26.2 Å². The zero-order chi connectivity index (χ0) is 11.3. The fraction of sp³-hybridized carbons (Fsp3) is 0.800. The highest BCUT2D eigenvalue weighted by Crippen LogP contribution is 1.97. The predicted octanol–water partition coefficient (Wildman–Crippen LogP) is -0.366. The van der Waals surface area contributed by atoms with Crippen molar-refractivity contribution < 1.29 is 9.59 Å². The molecule has 0 atom stereocenters. The Morgan fingerprint density at radius 1 is 1.13 bits per heavy atom. The molecule has 0 radical (unpaired) electrons. The quantitative estimate of drug-likeness (QED) is 0.692. The summed E-state index contributed by atoms with van der Waals surface area (Å²) in [7, 11) is 2.06. The number of rotatable bonds is 4. The second kappa shape index (κ2) is 5.82. The first kappa shape index (κ1) is 12.1. The third-order valence-electron chi connectivity index (χ3n) is 2.49.